The second kappa shape index (κ2) is 8.89. The molecule has 0 fully saturated rings. The van der Waals surface area contributed by atoms with Crippen LogP contribution in [0.15, 0.2) is 24.8 Å². The molecule has 0 amide bonds. The maximum absolute atomic E-state index is 6.40. The van der Waals surface area contributed by atoms with Gasteiger partial charge in [0.2, 0.25) is 0 Å². The van der Waals surface area contributed by atoms with Crippen LogP contribution in [0.2, 0.25) is 5.02 Å². The van der Waals surface area contributed by atoms with Gasteiger partial charge in [-0.05, 0) is 39.3 Å². The minimum absolute atomic E-state index is 0.0628. The van der Waals surface area contributed by atoms with Gasteiger partial charge in [0.25, 0.3) is 0 Å². The second-order valence-corrected chi connectivity index (χ2v) is 6.25. The van der Waals surface area contributed by atoms with Gasteiger partial charge in [-0.25, -0.2) is 9.67 Å². The van der Waals surface area contributed by atoms with Crippen LogP contribution in [0.4, 0.5) is 0 Å². The molecule has 132 valence electrons. The van der Waals surface area contributed by atoms with Crippen LogP contribution in [0, 0.1) is 0 Å². The summed E-state index contributed by atoms with van der Waals surface area (Å²) in [6, 6.07) is 3.97. The third kappa shape index (κ3) is 5.11. The molecule has 0 aliphatic carbocycles. The minimum Gasteiger partial charge on any atom is -0.490 e. The zero-order valence-electron chi connectivity index (χ0n) is 14.6. The first-order valence-corrected chi connectivity index (χ1v) is 8.55. The van der Waals surface area contributed by atoms with Crippen LogP contribution in [-0.4, -0.2) is 34.0 Å². The van der Waals surface area contributed by atoms with Crippen LogP contribution >= 0.6 is 11.6 Å². The van der Waals surface area contributed by atoms with E-state index in [-0.39, 0.29) is 12.1 Å². The Hall–Kier alpha value is -1.79. The van der Waals surface area contributed by atoms with Crippen LogP contribution in [-0.2, 0) is 6.54 Å². The van der Waals surface area contributed by atoms with Crippen molar-refractivity contribution in [1.82, 2.24) is 20.1 Å². The fourth-order valence-electron chi connectivity index (χ4n) is 2.28. The average molecular weight is 353 g/mol. The molecule has 2 rings (SSSR count). The standard InChI is InChI=1S/C17H25ClN4O2/c1-5-23-16-6-14(15(18)7-17(16)24-12(2)3)9-19-8-13(4)22-11-20-10-21-22/h6-7,10-13,19H,5,8-9H2,1-4H3. The van der Waals surface area contributed by atoms with Crippen molar-refractivity contribution in [1.29, 1.82) is 0 Å². The predicted octanol–water partition coefficient (Wildman–Crippen LogP) is 3.47. The molecule has 0 saturated heterocycles. The smallest absolute Gasteiger partial charge is 0.163 e. The molecule has 0 aliphatic rings. The summed E-state index contributed by atoms with van der Waals surface area (Å²) in [6.45, 7) is 9.95. The first kappa shape index (κ1) is 18.5. The van der Waals surface area contributed by atoms with Gasteiger partial charge < -0.3 is 14.8 Å². The molecule has 1 N–H and O–H groups in total. The molecular formula is C17H25ClN4O2. The molecule has 6 nitrogen and oxygen atoms in total. The molecule has 7 heteroatoms. The van der Waals surface area contributed by atoms with E-state index in [1.165, 1.54) is 6.33 Å². The fourth-order valence-corrected chi connectivity index (χ4v) is 2.50. The van der Waals surface area contributed by atoms with Crippen molar-refractivity contribution in [3.05, 3.63) is 35.4 Å². The maximum Gasteiger partial charge on any atom is 0.163 e. The molecular weight excluding hydrogens is 328 g/mol. The van der Waals surface area contributed by atoms with E-state index in [0.29, 0.717) is 23.9 Å². The molecule has 0 saturated carbocycles. The highest BCUT2D eigenvalue weighted by Crippen LogP contribution is 2.34. The van der Waals surface area contributed by atoms with Crippen LogP contribution in [0.5, 0.6) is 11.5 Å². The number of hydrogen-bond acceptors (Lipinski definition) is 5. The Labute approximate surface area is 148 Å². The Morgan fingerprint density at radius 3 is 2.67 bits per heavy atom. The van der Waals surface area contributed by atoms with Gasteiger partial charge in [0, 0.05) is 24.2 Å². The van der Waals surface area contributed by atoms with E-state index in [1.54, 1.807) is 6.33 Å². The van der Waals surface area contributed by atoms with E-state index in [4.69, 9.17) is 21.1 Å². The van der Waals surface area contributed by atoms with Crippen LogP contribution in [0.1, 0.15) is 39.3 Å². The lowest BCUT2D eigenvalue weighted by Crippen LogP contribution is -2.23. The third-order valence-corrected chi connectivity index (χ3v) is 3.77. The first-order chi connectivity index (χ1) is 11.5. The molecule has 0 spiro atoms. The number of aromatic nitrogens is 3. The van der Waals surface area contributed by atoms with Crippen molar-refractivity contribution in [2.45, 2.75) is 46.4 Å². The Morgan fingerprint density at radius 1 is 1.25 bits per heavy atom. The number of rotatable bonds is 9. The number of benzene rings is 1. The Balaban J connectivity index is 2.02. The zero-order chi connectivity index (χ0) is 17.5. The summed E-state index contributed by atoms with van der Waals surface area (Å²) in [5.41, 5.74) is 0.974. The summed E-state index contributed by atoms with van der Waals surface area (Å²) in [5.74, 6) is 1.40. The van der Waals surface area contributed by atoms with Crippen molar-refractivity contribution in [3.63, 3.8) is 0 Å². The number of nitrogens with zero attached hydrogens (tertiary/aromatic N) is 3. The molecule has 1 unspecified atom stereocenters. The monoisotopic (exact) mass is 352 g/mol. The number of halogens is 1. The minimum atomic E-state index is 0.0628. The van der Waals surface area contributed by atoms with Crippen LogP contribution < -0.4 is 14.8 Å². The summed E-state index contributed by atoms with van der Waals surface area (Å²) in [5, 5.41) is 8.19. The number of ether oxygens (including phenoxy) is 2. The normalized spacial score (nSPS) is 12.4. The summed E-state index contributed by atoms with van der Waals surface area (Å²) < 4.78 is 13.3. The van der Waals surface area contributed by atoms with Gasteiger partial charge in [-0.2, -0.15) is 5.10 Å². The SMILES string of the molecule is CCOc1cc(CNCC(C)n2cncn2)c(Cl)cc1OC(C)C. The van der Waals surface area contributed by atoms with E-state index in [0.717, 1.165) is 17.9 Å². The van der Waals surface area contributed by atoms with E-state index in [9.17, 15) is 0 Å². The molecule has 1 heterocycles. The molecule has 24 heavy (non-hydrogen) atoms. The molecule has 0 bridgehead atoms. The second-order valence-electron chi connectivity index (χ2n) is 5.85. The highest BCUT2D eigenvalue weighted by Gasteiger charge is 2.13. The summed E-state index contributed by atoms with van der Waals surface area (Å²) >= 11 is 6.40. The lowest BCUT2D eigenvalue weighted by Gasteiger charge is -2.18. The number of hydrogen-bond donors (Lipinski definition) is 1. The van der Waals surface area contributed by atoms with Crippen molar-refractivity contribution in [3.8, 4) is 11.5 Å². The number of nitrogens with one attached hydrogen (secondary N) is 1. The summed E-state index contributed by atoms with van der Waals surface area (Å²) in [7, 11) is 0. The Bertz CT molecular complexity index is 632. The van der Waals surface area contributed by atoms with Crippen molar-refractivity contribution >= 4 is 11.6 Å². The largest absolute Gasteiger partial charge is 0.490 e. The molecule has 2 aromatic rings. The summed E-state index contributed by atoms with van der Waals surface area (Å²) in [4.78, 5) is 3.96. The maximum atomic E-state index is 6.40. The zero-order valence-corrected chi connectivity index (χ0v) is 15.4. The first-order valence-electron chi connectivity index (χ1n) is 8.18. The van der Waals surface area contributed by atoms with Gasteiger partial charge in [0.1, 0.15) is 12.7 Å². The van der Waals surface area contributed by atoms with Gasteiger partial charge in [-0.15, -0.1) is 0 Å². The van der Waals surface area contributed by atoms with Crippen molar-refractivity contribution in [2.24, 2.45) is 0 Å². The predicted molar refractivity (Wildman–Crippen MR) is 94.8 cm³/mol. The lowest BCUT2D eigenvalue weighted by molar-refractivity contribution is 0.223. The van der Waals surface area contributed by atoms with Gasteiger partial charge in [0.05, 0.1) is 18.8 Å². The van der Waals surface area contributed by atoms with E-state index in [1.807, 2.05) is 37.6 Å². The fraction of sp³-hybridized carbons (Fsp3) is 0.529. The van der Waals surface area contributed by atoms with Crippen molar-refractivity contribution in [2.75, 3.05) is 13.2 Å². The van der Waals surface area contributed by atoms with E-state index >= 15 is 0 Å². The third-order valence-electron chi connectivity index (χ3n) is 3.42. The van der Waals surface area contributed by atoms with Crippen molar-refractivity contribution < 1.29 is 9.47 Å². The molecule has 0 aliphatic heterocycles. The van der Waals surface area contributed by atoms with Gasteiger partial charge >= 0.3 is 0 Å². The van der Waals surface area contributed by atoms with E-state index in [2.05, 4.69) is 22.3 Å². The average Bonchev–Trinajstić information content (AvgIpc) is 3.05. The molecule has 1 aromatic carbocycles. The van der Waals surface area contributed by atoms with E-state index < -0.39 is 0 Å². The highest BCUT2D eigenvalue weighted by atomic mass is 35.5. The topological polar surface area (TPSA) is 61.2 Å². The van der Waals surface area contributed by atoms with Crippen LogP contribution in [0.25, 0.3) is 0 Å². The summed E-state index contributed by atoms with van der Waals surface area (Å²) in [6.07, 6.45) is 3.31. The Morgan fingerprint density at radius 2 is 2.04 bits per heavy atom. The molecule has 1 aromatic heterocycles. The van der Waals surface area contributed by atoms with Crippen LogP contribution in [0.3, 0.4) is 0 Å². The lowest BCUT2D eigenvalue weighted by atomic mass is 10.2. The van der Waals surface area contributed by atoms with Gasteiger partial charge in [0.15, 0.2) is 11.5 Å². The van der Waals surface area contributed by atoms with Gasteiger partial charge in [-0.1, -0.05) is 11.6 Å². The van der Waals surface area contributed by atoms with Gasteiger partial charge in [-0.3, -0.25) is 0 Å². The molecule has 0 radical (unpaired) electrons. The Kier molecular flexibility index (Phi) is 6.87. The highest BCUT2D eigenvalue weighted by molar-refractivity contribution is 6.31. The molecule has 1 atom stereocenters. The quantitative estimate of drug-likeness (QED) is 0.748.